The van der Waals surface area contributed by atoms with Gasteiger partial charge in [0.05, 0.1) is 25.8 Å². The summed E-state index contributed by atoms with van der Waals surface area (Å²) in [7, 11) is 5.95. The van der Waals surface area contributed by atoms with Crippen LogP contribution in [0.5, 0.6) is 0 Å². The monoisotopic (exact) mass is 414 g/mol. The molecule has 8 heteroatoms. The maximum atomic E-state index is 11.4. The van der Waals surface area contributed by atoms with Crippen LogP contribution < -0.4 is 10.0 Å². The number of carbonyl (C=O) groups is 2. The Morgan fingerprint density at radius 3 is 2.85 bits per heavy atom. The van der Waals surface area contributed by atoms with Gasteiger partial charge in [-0.2, -0.15) is 0 Å². The molecule has 27 heavy (non-hydrogen) atoms. The zero-order chi connectivity index (χ0) is 19.6. The number of unbranched alkanes of at least 4 members (excludes halogenated alkanes) is 1. The van der Waals surface area contributed by atoms with E-state index in [9.17, 15) is 14.7 Å². The summed E-state index contributed by atoms with van der Waals surface area (Å²) in [5.74, 6) is 0.739. The van der Waals surface area contributed by atoms with Crippen LogP contribution >= 0.6 is 21.6 Å². The number of cyclic esters (lactones) is 1. The van der Waals surface area contributed by atoms with Gasteiger partial charge in [-0.05, 0) is 32.1 Å². The molecule has 3 heterocycles. The molecule has 2 saturated heterocycles. The average Bonchev–Trinajstić information content (AvgIpc) is 3.36. The number of esters is 1. The van der Waals surface area contributed by atoms with Crippen LogP contribution in [0.3, 0.4) is 0 Å². The number of nitrogens with zero attached hydrogens (tertiary/aromatic N) is 1. The lowest BCUT2D eigenvalue weighted by molar-refractivity contribution is -0.729. The summed E-state index contributed by atoms with van der Waals surface area (Å²) in [6.07, 6.45) is 10.1. The van der Waals surface area contributed by atoms with Crippen molar-refractivity contribution in [2.75, 3.05) is 19.4 Å². The van der Waals surface area contributed by atoms with Crippen LogP contribution in [0.2, 0.25) is 0 Å². The fraction of sp³-hybridized carbons (Fsp3) is 0.737. The van der Waals surface area contributed by atoms with Gasteiger partial charge in [-0.1, -0.05) is 34.9 Å². The number of aliphatic carboxylic acids is 1. The third-order valence-electron chi connectivity index (χ3n) is 5.12. The van der Waals surface area contributed by atoms with Crippen molar-refractivity contribution in [3.63, 3.8) is 0 Å². The molecule has 0 aromatic carbocycles. The molecule has 6 nitrogen and oxygen atoms in total. The molecule has 0 amide bonds. The normalized spacial score (nSPS) is 29.3. The van der Waals surface area contributed by atoms with Crippen LogP contribution in [-0.4, -0.2) is 42.9 Å². The summed E-state index contributed by atoms with van der Waals surface area (Å²) in [5, 5.41) is 10.8. The number of carboxylic acids is 1. The Morgan fingerprint density at radius 2 is 2.26 bits per heavy atom. The predicted molar refractivity (Wildman–Crippen MR) is 108 cm³/mol. The molecule has 3 aliphatic heterocycles. The molecule has 0 radical (unpaired) electrons. The molecule has 0 aromatic rings. The van der Waals surface area contributed by atoms with Gasteiger partial charge < -0.3 is 14.6 Å². The highest BCUT2D eigenvalue weighted by Gasteiger charge is 2.37. The van der Waals surface area contributed by atoms with Gasteiger partial charge in [0, 0.05) is 29.3 Å². The fourth-order valence-electron chi connectivity index (χ4n) is 3.43. The second-order valence-electron chi connectivity index (χ2n) is 7.17. The Kier molecular flexibility index (Phi) is 9.72. The van der Waals surface area contributed by atoms with E-state index in [1.54, 1.807) is 0 Å². The minimum absolute atomic E-state index is 0.0281. The number of carboxylic acid groups (broad SMARTS) is 1. The molecule has 1 N–H and O–H groups in total. The summed E-state index contributed by atoms with van der Waals surface area (Å²) in [5.41, 5.74) is 1.25. The largest absolute Gasteiger partial charge is 0.550 e. The first-order valence-electron chi connectivity index (χ1n) is 9.72. The van der Waals surface area contributed by atoms with Crippen LogP contribution in [0.4, 0.5) is 0 Å². The van der Waals surface area contributed by atoms with Crippen molar-refractivity contribution in [3.05, 3.63) is 11.9 Å². The highest BCUT2D eigenvalue weighted by molar-refractivity contribution is 8.77. The van der Waals surface area contributed by atoms with Gasteiger partial charge in [0.25, 0.3) is 0 Å². The third-order valence-corrected chi connectivity index (χ3v) is 8.13. The molecule has 0 spiro atoms. The van der Waals surface area contributed by atoms with Crippen molar-refractivity contribution in [3.8, 4) is 0 Å². The van der Waals surface area contributed by atoms with E-state index < -0.39 is 5.97 Å². The van der Waals surface area contributed by atoms with Crippen LogP contribution in [0.1, 0.15) is 51.9 Å². The molecular weight excluding hydrogens is 384 g/mol. The molecule has 0 saturated carbocycles. The number of aliphatic imine (C=N–C) groups is 1. The highest BCUT2D eigenvalue weighted by atomic mass is 33.1. The number of nitrogens with one attached hydrogen (secondary N) is 1. The fourth-order valence-corrected chi connectivity index (χ4v) is 6.46. The van der Waals surface area contributed by atoms with Crippen LogP contribution in [0.15, 0.2) is 16.9 Å². The van der Waals surface area contributed by atoms with Crippen molar-refractivity contribution in [1.82, 2.24) is 0 Å². The van der Waals surface area contributed by atoms with E-state index in [1.807, 2.05) is 41.1 Å². The topological polar surface area (TPSA) is 83.2 Å². The standard InChI is InChI=1S/C11H16N2O2.C8H14O2S2/c1-3-10-8(6-15-11(10)14)4-9-5-12-7-13(9)2;9-8(10)4-2-1-3-7-5-6-11-12-7/h5,7-8,10H,3-4,6H2,1-2H3;7H,1-6H2,(H,9,10)/t8-,10-;7-/m01/s1. The van der Waals surface area contributed by atoms with E-state index in [1.165, 1.54) is 29.2 Å². The van der Waals surface area contributed by atoms with E-state index in [4.69, 9.17) is 4.74 Å². The van der Waals surface area contributed by atoms with E-state index in [-0.39, 0.29) is 18.3 Å². The zero-order valence-electron chi connectivity index (χ0n) is 16.1. The minimum atomic E-state index is -0.913. The van der Waals surface area contributed by atoms with E-state index in [2.05, 4.69) is 12.0 Å². The molecule has 3 rings (SSSR count). The Balaban J connectivity index is 0.000000199. The Morgan fingerprint density at radius 1 is 1.44 bits per heavy atom. The van der Waals surface area contributed by atoms with Gasteiger partial charge in [-0.3, -0.25) is 9.69 Å². The first-order valence-corrected chi connectivity index (χ1v) is 12.1. The average molecular weight is 415 g/mol. The minimum Gasteiger partial charge on any atom is -0.550 e. The second-order valence-corrected chi connectivity index (χ2v) is 9.96. The number of rotatable bonds is 8. The first-order chi connectivity index (χ1) is 13.0. The van der Waals surface area contributed by atoms with Crippen LogP contribution in [-0.2, 0) is 14.3 Å². The molecule has 3 aliphatic rings. The molecule has 0 aliphatic carbocycles. The molecular formula is C19H30N2O4S2. The van der Waals surface area contributed by atoms with Gasteiger partial charge in [0.2, 0.25) is 0 Å². The number of carbonyl (C=O) groups excluding carboxylic acids is 2. The van der Waals surface area contributed by atoms with Crippen molar-refractivity contribution < 1.29 is 24.3 Å². The summed E-state index contributed by atoms with van der Waals surface area (Å²) < 4.78 is 5.10. The van der Waals surface area contributed by atoms with Gasteiger partial charge in [0.1, 0.15) is 5.70 Å². The lowest BCUT2D eigenvalue weighted by Crippen LogP contribution is -3.05. The third kappa shape index (κ3) is 7.50. The maximum absolute atomic E-state index is 11.4. The molecule has 152 valence electrons. The number of hydrogen-bond donors (Lipinski definition) is 1. The Bertz CT molecular complexity index is 562. The summed E-state index contributed by atoms with van der Waals surface area (Å²) >= 11 is 0. The molecule has 2 fully saturated rings. The Hall–Kier alpha value is -0.990. The smallest absolute Gasteiger partial charge is 0.309 e. The maximum Gasteiger partial charge on any atom is 0.309 e. The Labute approximate surface area is 169 Å². The lowest BCUT2D eigenvalue weighted by atomic mass is 9.89. The number of quaternary nitrogens is 1. The van der Waals surface area contributed by atoms with Crippen LogP contribution in [0, 0.1) is 11.8 Å². The van der Waals surface area contributed by atoms with E-state index >= 15 is 0 Å². The van der Waals surface area contributed by atoms with Crippen molar-refractivity contribution >= 4 is 39.9 Å². The van der Waals surface area contributed by atoms with Crippen molar-refractivity contribution in [1.29, 1.82) is 0 Å². The van der Waals surface area contributed by atoms with Crippen molar-refractivity contribution in [2.24, 2.45) is 16.8 Å². The highest BCUT2D eigenvalue weighted by Crippen LogP contribution is 2.39. The van der Waals surface area contributed by atoms with Gasteiger partial charge >= 0.3 is 5.97 Å². The van der Waals surface area contributed by atoms with Gasteiger partial charge in [0.15, 0.2) is 6.34 Å². The van der Waals surface area contributed by atoms with Gasteiger partial charge in [-0.25, -0.2) is 4.99 Å². The molecule has 1 unspecified atom stereocenters. The van der Waals surface area contributed by atoms with E-state index in [0.29, 0.717) is 12.5 Å². The summed E-state index contributed by atoms with van der Waals surface area (Å²) in [4.78, 5) is 26.8. The molecule has 0 bridgehead atoms. The first kappa shape index (κ1) is 22.3. The van der Waals surface area contributed by atoms with Crippen LogP contribution in [0.25, 0.3) is 0 Å². The summed E-state index contributed by atoms with van der Waals surface area (Å²) in [6, 6.07) is 0. The predicted octanol–water partition coefficient (Wildman–Crippen LogP) is 1.42. The van der Waals surface area contributed by atoms with Crippen molar-refractivity contribution in [2.45, 2.75) is 57.1 Å². The number of ether oxygens (including phenoxy) is 1. The number of allylic oxidation sites excluding steroid dienone is 1. The second kappa shape index (κ2) is 11.8. The lowest BCUT2D eigenvalue weighted by Gasteiger charge is -2.14. The molecule has 0 aromatic heterocycles. The molecule has 4 atom stereocenters. The van der Waals surface area contributed by atoms with E-state index in [0.717, 1.165) is 30.9 Å². The van der Waals surface area contributed by atoms with Gasteiger partial charge in [-0.15, -0.1) is 0 Å². The zero-order valence-corrected chi connectivity index (χ0v) is 17.8. The number of hydrogen-bond acceptors (Lipinski definition) is 7. The summed E-state index contributed by atoms with van der Waals surface area (Å²) in [6.45, 7) is 2.61. The SMILES string of the molecule is CC[C@@H]1C(=O)OC[C@@H]1CC1=CN=C[NH+]1C.O=C([O-])CCCC[C@@H]1CCSS1. The quantitative estimate of drug-likeness (QED) is 0.367.